The first-order valence-corrected chi connectivity index (χ1v) is 14.5. The number of halogens is 1. The first-order valence-electron chi connectivity index (χ1n) is 12.2. The van der Waals surface area contributed by atoms with E-state index in [9.17, 15) is 22.8 Å². The molecule has 0 spiro atoms. The minimum absolute atomic E-state index is 0.0290. The molecule has 0 fully saturated rings. The molecule has 0 aromatic heterocycles. The molecule has 0 bridgehead atoms. The summed E-state index contributed by atoms with van der Waals surface area (Å²) in [5.41, 5.74) is 1.62. The van der Waals surface area contributed by atoms with Gasteiger partial charge in [-0.05, 0) is 41.8 Å². The third kappa shape index (κ3) is 5.97. The van der Waals surface area contributed by atoms with E-state index < -0.39 is 34.4 Å². The Hall–Kier alpha value is -3.50. The number of nitrogens with one attached hydrogen (secondary N) is 1. The fourth-order valence-electron chi connectivity index (χ4n) is 4.31. The summed E-state index contributed by atoms with van der Waals surface area (Å²) in [4.78, 5) is 41.5. The van der Waals surface area contributed by atoms with E-state index in [2.05, 4.69) is 21.2 Å². The molecule has 0 unspecified atom stereocenters. The van der Waals surface area contributed by atoms with Gasteiger partial charge in [-0.1, -0.05) is 77.5 Å². The van der Waals surface area contributed by atoms with Crippen LogP contribution in [0.15, 0.2) is 88.2 Å². The molecule has 1 heterocycles. The van der Waals surface area contributed by atoms with Crippen molar-refractivity contribution in [3.8, 4) is 0 Å². The minimum Gasteiger partial charge on any atom is -0.354 e. The van der Waals surface area contributed by atoms with Crippen LogP contribution in [0, 0.1) is 0 Å². The number of hydrogen-bond acceptors (Lipinski definition) is 5. The Morgan fingerprint density at radius 1 is 0.947 bits per heavy atom. The highest BCUT2D eigenvalue weighted by Crippen LogP contribution is 2.30. The molecule has 8 nitrogen and oxygen atoms in total. The van der Waals surface area contributed by atoms with Gasteiger partial charge in [-0.2, -0.15) is 0 Å². The molecule has 10 heteroatoms. The first-order chi connectivity index (χ1) is 18.2. The van der Waals surface area contributed by atoms with Gasteiger partial charge in [0.1, 0.15) is 17.5 Å². The van der Waals surface area contributed by atoms with E-state index in [-0.39, 0.29) is 29.3 Å². The maximum Gasteiger partial charge on any atom is 0.269 e. The van der Waals surface area contributed by atoms with Crippen LogP contribution in [0.5, 0.6) is 0 Å². The number of hydrogen-bond donors (Lipinski definition) is 1. The van der Waals surface area contributed by atoms with Crippen molar-refractivity contribution >= 4 is 43.7 Å². The zero-order valence-corrected chi connectivity index (χ0v) is 23.2. The molecular weight excluding hydrogens is 570 g/mol. The summed E-state index contributed by atoms with van der Waals surface area (Å²) < 4.78 is 27.7. The van der Waals surface area contributed by atoms with E-state index in [1.807, 2.05) is 61.5 Å². The minimum atomic E-state index is -4.19. The number of nitrogens with zero attached hydrogens (tertiary/aromatic N) is 2. The molecule has 3 aromatic rings. The van der Waals surface area contributed by atoms with Crippen LogP contribution in [0.2, 0.25) is 0 Å². The maximum absolute atomic E-state index is 13.8. The number of amides is 3. The van der Waals surface area contributed by atoms with Crippen LogP contribution in [0.25, 0.3) is 0 Å². The Morgan fingerprint density at radius 3 is 2.26 bits per heavy atom. The second-order valence-electron chi connectivity index (χ2n) is 8.96. The molecule has 1 aliphatic rings. The van der Waals surface area contributed by atoms with Gasteiger partial charge in [-0.25, -0.2) is 12.7 Å². The average Bonchev–Trinajstić information content (AvgIpc) is 3.11. The van der Waals surface area contributed by atoms with Gasteiger partial charge in [0.05, 0.1) is 5.56 Å². The Balaban J connectivity index is 1.70. The maximum atomic E-state index is 13.8. The van der Waals surface area contributed by atoms with Crippen molar-refractivity contribution in [2.75, 3.05) is 13.1 Å². The van der Waals surface area contributed by atoms with Gasteiger partial charge in [0.15, 0.2) is 0 Å². The summed E-state index contributed by atoms with van der Waals surface area (Å²) >= 11 is 3.40. The van der Waals surface area contributed by atoms with E-state index in [1.54, 1.807) is 6.07 Å². The molecule has 0 radical (unpaired) electrons. The van der Waals surface area contributed by atoms with Crippen molar-refractivity contribution in [3.63, 3.8) is 0 Å². The summed E-state index contributed by atoms with van der Waals surface area (Å²) in [6.45, 7) is 1.70. The van der Waals surface area contributed by atoms with E-state index in [0.29, 0.717) is 17.3 Å². The van der Waals surface area contributed by atoms with Crippen molar-refractivity contribution in [2.45, 2.75) is 37.2 Å². The Kier molecular flexibility index (Phi) is 8.63. The van der Waals surface area contributed by atoms with Crippen molar-refractivity contribution in [2.24, 2.45) is 0 Å². The SMILES string of the molecule is CCCNC(=O)[C@@H](Cc1ccccc1)N(Cc1ccc(Br)cc1)C(=O)CN1C(=O)c2ccccc2S1(=O)=O. The van der Waals surface area contributed by atoms with Crippen LogP contribution >= 0.6 is 15.9 Å². The number of sulfonamides is 1. The lowest BCUT2D eigenvalue weighted by Crippen LogP contribution is -2.53. The van der Waals surface area contributed by atoms with Crippen molar-refractivity contribution in [3.05, 3.63) is 100 Å². The van der Waals surface area contributed by atoms with Gasteiger partial charge in [0.25, 0.3) is 15.9 Å². The van der Waals surface area contributed by atoms with Crippen molar-refractivity contribution in [1.82, 2.24) is 14.5 Å². The molecule has 198 valence electrons. The molecule has 1 aliphatic heterocycles. The lowest BCUT2D eigenvalue weighted by Gasteiger charge is -2.32. The van der Waals surface area contributed by atoms with Gasteiger partial charge >= 0.3 is 0 Å². The van der Waals surface area contributed by atoms with Crippen LogP contribution in [-0.4, -0.2) is 54.5 Å². The highest BCUT2D eigenvalue weighted by molar-refractivity contribution is 9.10. The molecule has 4 rings (SSSR count). The quantitative estimate of drug-likeness (QED) is 0.383. The van der Waals surface area contributed by atoms with Gasteiger partial charge in [-0.15, -0.1) is 0 Å². The topological polar surface area (TPSA) is 104 Å². The number of fused-ring (bicyclic) bond motifs is 1. The third-order valence-corrected chi connectivity index (χ3v) is 8.59. The molecule has 38 heavy (non-hydrogen) atoms. The lowest BCUT2D eigenvalue weighted by molar-refractivity contribution is -0.141. The predicted molar refractivity (Wildman–Crippen MR) is 147 cm³/mol. The molecule has 1 N–H and O–H groups in total. The summed E-state index contributed by atoms with van der Waals surface area (Å²) in [6, 6.07) is 21.5. The highest BCUT2D eigenvalue weighted by atomic mass is 79.9. The monoisotopic (exact) mass is 597 g/mol. The predicted octanol–water partition coefficient (Wildman–Crippen LogP) is 3.76. The Morgan fingerprint density at radius 2 is 1.61 bits per heavy atom. The number of carbonyl (C=O) groups is 3. The van der Waals surface area contributed by atoms with Gasteiger partial charge in [0.2, 0.25) is 11.8 Å². The largest absolute Gasteiger partial charge is 0.354 e. The lowest BCUT2D eigenvalue weighted by atomic mass is 10.0. The normalized spacial score (nSPS) is 14.6. The van der Waals surface area contributed by atoms with E-state index in [4.69, 9.17) is 0 Å². The van der Waals surface area contributed by atoms with Crippen LogP contribution in [-0.2, 0) is 32.6 Å². The van der Waals surface area contributed by atoms with E-state index >= 15 is 0 Å². The fourth-order valence-corrected chi connectivity index (χ4v) is 6.09. The van der Waals surface area contributed by atoms with Gasteiger partial charge < -0.3 is 10.2 Å². The second kappa shape index (κ2) is 11.9. The zero-order chi connectivity index (χ0) is 27.3. The van der Waals surface area contributed by atoms with E-state index in [0.717, 1.165) is 15.6 Å². The Bertz CT molecular complexity index is 1430. The molecular formula is C28H28BrN3O5S. The molecule has 3 aromatic carbocycles. The highest BCUT2D eigenvalue weighted by Gasteiger charge is 2.43. The second-order valence-corrected chi connectivity index (χ2v) is 11.7. The Labute approximate surface area is 230 Å². The number of benzene rings is 3. The first kappa shape index (κ1) is 27.5. The summed E-state index contributed by atoms with van der Waals surface area (Å²) in [5.74, 6) is -1.75. The number of rotatable bonds is 10. The van der Waals surface area contributed by atoms with Crippen LogP contribution in [0.1, 0.15) is 34.8 Å². The molecule has 3 amide bonds. The summed E-state index contributed by atoms with van der Waals surface area (Å²) in [6.07, 6.45) is 0.933. The van der Waals surface area contributed by atoms with E-state index in [1.165, 1.54) is 23.1 Å². The third-order valence-electron chi connectivity index (χ3n) is 6.28. The molecule has 1 atom stereocenters. The van der Waals surface area contributed by atoms with Crippen molar-refractivity contribution in [1.29, 1.82) is 0 Å². The summed E-state index contributed by atoms with van der Waals surface area (Å²) in [5, 5.41) is 2.88. The van der Waals surface area contributed by atoms with Gasteiger partial charge in [-0.3, -0.25) is 14.4 Å². The average molecular weight is 599 g/mol. The zero-order valence-electron chi connectivity index (χ0n) is 20.8. The standard InChI is InChI=1S/C28H28BrN3O5S/c1-2-16-30-27(34)24(17-20-8-4-3-5-9-20)31(18-21-12-14-22(29)15-13-21)26(33)19-32-28(35)23-10-6-7-11-25(23)38(32,36)37/h3-15,24H,2,16-19H2,1H3,(H,30,34)/t24-/m1/s1. The molecule has 0 aliphatic carbocycles. The van der Waals surface area contributed by atoms with Crippen LogP contribution in [0.3, 0.4) is 0 Å². The number of carbonyl (C=O) groups excluding carboxylic acids is 3. The summed E-state index contributed by atoms with van der Waals surface area (Å²) in [7, 11) is -4.19. The fraction of sp³-hybridized carbons (Fsp3) is 0.250. The molecule has 0 saturated carbocycles. The van der Waals surface area contributed by atoms with Crippen molar-refractivity contribution < 1.29 is 22.8 Å². The smallest absolute Gasteiger partial charge is 0.269 e. The molecule has 0 saturated heterocycles. The van der Waals surface area contributed by atoms with Gasteiger partial charge in [0, 0.05) is 24.0 Å². The van der Waals surface area contributed by atoms with Crippen LogP contribution < -0.4 is 5.32 Å². The van der Waals surface area contributed by atoms with Crippen LogP contribution in [0.4, 0.5) is 0 Å².